The predicted molar refractivity (Wildman–Crippen MR) is 97.6 cm³/mol. The van der Waals surface area contributed by atoms with E-state index in [0.717, 1.165) is 5.56 Å². The lowest BCUT2D eigenvalue weighted by atomic mass is 10.1. The molecule has 25 heavy (non-hydrogen) atoms. The van der Waals surface area contributed by atoms with Gasteiger partial charge in [0.25, 0.3) is 5.91 Å². The average Bonchev–Trinajstić information content (AvgIpc) is 2.60. The van der Waals surface area contributed by atoms with Gasteiger partial charge < -0.3 is 19.5 Å². The minimum absolute atomic E-state index is 0.210. The number of methoxy groups -OCH3 is 2. The Morgan fingerprint density at radius 1 is 1.04 bits per heavy atom. The second-order valence-electron chi connectivity index (χ2n) is 5.56. The standard InChI is InChI=1S/C19H22ClNO4/c1-12(14-8-9-17(23-3)18(10-14)24-4)21-19(22)13(2)25-16-7-5-6-15(20)11-16/h5-13H,1-4H3,(H,21,22)/t12-,13-/m0/s1. The third-order valence-corrected chi connectivity index (χ3v) is 3.98. The van der Waals surface area contributed by atoms with Gasteiger partial charge in [0, 0.05) is 5.02 Å². The van der Waals surface area contributed by atoms with E-state index in [-0.39, 0.29) is 11.9 Å². The number of carbonyl (C=O) groups is 1. The molecule has 0 aromatic heterocycles. The van der Waals surface area contributed by atoms with Crippen LogP contribution >= 0.6 is 11.6 Å². The van der Waals surface area contributed by atoms with Crippen molar-refractivity contribution in [3.8, 4) is 17.2 Å². The van der Waals surface area contributed by atoms with Gasteiger partial charge in [0.05, 0.1) is 20.3 Å². The second kappa shape index (κ2) is 8.62. The molecule has 0 unspecified atom stereocenters. The maximum atomic E-state index is 12.4. The highest BCUT2D eigenvalue weighted by Crippen LogP contribution is 2.30. The molecule has 0 radical (unpaired) electrons. The lowest BCUT2D eigenvalue weighted by molar-refractivity contribution is -0.127. The van der Waals surface area contributed by atoms with Crippen molar-refractivity contribution in [1.29, 1.82) is 0 Å². The lowest BCUT2D eigenvalue weighted by Crippen LogP contribution is -2.37. The molecule has 0 bridgehead atoms. The zero-order valence-corrected chi connectivity index (χ0v) is 15.5. The predicted octanol–water partition coefficient (Wildman–Crippen LogP) is 4.00. The SMILES string of the molecule is COc1ccc([C@H](C)NC(=O)[C@H](C)Oc2cccc(Cl)c2)cc1OC. The summed E-state index contributed by atoms with van der Waals surface area (Å²) >= 11 is 5.92. The fourth-order valence-corrected chi connectivity index (χ4v) is 2.51. The largest absolute Gasteiger partial charge is 0.493 e. The minimum atomic E-state index is -0.652. The molecule has 0 saturated heterocycles. The summed E-state index contributed by atoms with van der Waals surface area (Å²) in [5.74, 6) is 1.59. The molecule has 2 atom stereocenters. The third kappa shape index (κ3) is 5.03. The van der Waals surface area contributed by atoms with E-state index in [1.807, 2.05) is 25.1 Å². The molecule has 0 spiro atoms. The quantitative estimate of drug-likeness (QED) is 0.807. The van der Waals surface area contributed by atoms with E-state index < -0.39 is 6.10 Å². The van der Waals surface area contributed by atoms with Crippen LogP contribution < -0.4 is 19.5 Å². The number of amides is 1. The van der Waals surface area contributed by atoms with Crippen molar-refractivity contribution in [2.75, 3.05) is 14.2 Å². The minimum Gasteiger partial charge on any atom is -0.493 e. The monoisotopic (exact) mass is 363 g/mol. The summed E-state index contributed by atoms with van der Waals surface area (Å²) in [4.78, 5) is 12.4. The molecule has 5 nitrogen and oxygen atoms in total. The van der Waals surface area contributed by atoms with Crippen LogP contribution in [0, 0.1) is 0 Å². The van der Waals surface area contributed by atoms with Gasteiger partial charge in [0.1, 0.15) is 5.75 Å². The highest BCUT2D eigenvalue weighted by molar-refractivity contribution is 6.30. The summed E-state index contributed by atoms with van der Waals surface area (Å²) in [6, 6.07) is 12.3. The Kier molecular flexibility index (Phi) is 6.53. The first-order valence-corrected chi connectivity index (χ1v) is 8.27. The van der Waals surface area contributed by atoms with E-state index >= 15 is 0 Å². The van der Waals surface area contributed by atoms with Crippen LogP contribution in [0.2, 0.25) is 5.02 Å². The van der Waals surface area contributed by atoms with Crippen LogP contribution in [0.15, 0.2) is 42.5 Å². The van der Waals surface area contributed by atoms with Gasteiger partial charge in [0.2, 0.25) is 0 Å². The Morgan fingerprint density at radius 2 is 1.76 bits per heavy atom. The summed E-state index contributed by atoms with van der Waals surface area (Å²) in [5, 5.41) is 3.49. The Bertz CT molecular complexity index is 735. The lowest BCUT2D eigenvalue weighted by Gasteiger charge is -2.20. The number of benzene rings is 2. The zero-order chi connectivity index (χ0) is 18.4. The molecule has 0 fully saturated rings. The molecule has 134 valence electrons. The number of halogens is 1. The number of carbonyl (C=O) groups excluding carboxylic acids is 1. The summed E-state index contributed by atoms with van der Waals surface area (Å²) in [5.41, 5.74) is 0.904. The molecule has 0 aliphatic heterocycles. The van der Waals surface area contributed by atoms with Crippen LogP contribution in [0.3, 0.4) is 0 Å². The smallest absolute Gasteiger partial charge is 0.261 e. The van der Waals surface area contributed by atoms with Crippen molar-refractivity contribution in [2.24, 2.45) is 0 Å². The maximum absolute atomic E-state index is 12.4. The van der Waals surface area contributed by atoms with Crippen molar-refractivity contribution in [3.63, 3.8) is 0 Å². The molecular weight excluding hydrogens is 342 g/mol. The Morgan fingerprint density at radius 3 is 2.40 bits per heavy atom. The van der Waals surface area contributed by atoms with Gasteiger partial charge in [-0.2, -0.15) is 0 Å². The van der Waals surface area contributed by atoms with Gasteiger partial charge in [0.15, 0.2) is 17.6 Å². The molecule has 0 aliphatic carbocycles. The molecule has 0 heterocycles. The second-order valence-corrected chi connectivity index (χ2v) is 6.00. The average molecular weight is 364 g/mol. The fraction of sp³-hybridized carbons (Fsp3) is 0.316. The van der Waals surface area contributed by atoms with Gasteiger partial charge in [-0.25, -0.2) is 0 Å². The van der Waals surface area contributed by atoms with Crippen LogP contribution in [0.1, 0.15) is 25.5 Å². The molecule has 2 rings (SSSR count). The third-order valence-electron chi connectivity index (χ3n) is 3.74. The van der Waals surface area contributed by atoms with E-state index in [1.54, 1.807) is 45.4 Å². The molecule has 1 N–H and O–H groups in total. The molecule has 1 amide bonds. The molecule has 0 saturated carbocycles. The molecular formula is C19H22ClNO4. The molecule has 2 aromatic carbocycles. The normalized spacial score (nSPS) is 12.8. The first-order chi connectivity index (χ1) is 11.9. The Balaban J connectivity index is 2.01. The summed E-state index contributed by atoms with van der Waals surface area (Å²) in [7, 11) is 3.16. The van der Waals surface area contributed by atoms with Crippen molar-refractivity contribution in [2.45, 2.75) is 26.0 Å². The molecule has 0 aliphatic rings. The van der Waals surface area contributed by atoms with Crippen molar-refractivity contribution < 1.29 is 19.0 Å². The van der Waals surface area contributed by atoms with Crippen LogP contribution in [0.25, 0.3) is 0 Å². The Hall–Kier alpha value is -2.40. The van der Waals surface area contributed by atoms with E-state index in [4.69, 9.17) is 25.8 Å². The topological polar surface area (TPSA) is 56.8 Å². The number of nitrogens with one attached hydrogen (secondary N) is 1. The van der Waals surface area contributed by atoms with Crippen LogP contribution in [-0.4, -0.2) is 26.2 Å². The maximum Gasteiger partial charge on any atom is 0.261 e. The number of ether oxygens (including phenoxy) is 3. The summed E-state index contributed by atoms with van der Waals surface area (Å²) < 4.78 is 16.2. The van der Waals surface area contributed by atoms with Gasteiger partial charge in [-0.15, -0.1) is 0 Å². The molecule has 6 heteroatoms. The van der Waals surface area contributed by atoms with E-state index in [2.05, 4.69) is 5.32 Å². The van der Waals surface area contributed by atoms with Crippen molar-refractivity contribution in [1.82, 2.24) is 5.32 Å². The fourth-order valence-electron chi connectivity index (χ4n) is 2.33. The summed E-state index contributed by atoms with van der Waals surface area (Å²) in [6.45, 7) is 3.59. The van der Waals surface area contributed by atoms with Crippen molar-refractivity contribution in [3.05, 3.63) is 53.1 Å². The van der Waals surface area contributed by atoms with Crippen molar-refractivity contribution >= 4 is 17.5 Å². The zero-order valence-electron chi connectivity index (χ0n) is 14.7. The number of hydrogen-bond acceptors (Lipinski definition) is 4. The first-order valence-electron chi connectivity index (χ1n) is 7.89. The Labute approximate surface area is 152 Å². The number of rotatable bonds is 7. The van der Waals surface area contributed by atoms with E-state index in [9.17, 15) is 4.79 Å². The number of hydrogen-bond donors (Lipinski definition) is 1. The van der Waals surface area contributed by atoms with Crippen LogP contribution in [0.4, 0.5) is 0 Å². The van der Waals surface area contributed by atoms with Gasteiger partial charge >= 0.3 is 0 Å². The highest BCUT2D eigenvalue weighted by Gasteiger charge is 2.19. The van der Waals surface area contributed by atoms with E-state index in [1.165, 1.54) is 0 Å². The van der Waals surface area contributed by atoms with E-state index in [0.29, 0.717) is 22.3 Å². The van der Waals surface area contributed by atoms with Gasteiger partial charge in [-0.3, -0.25) is 4.79 Å². The highest BCUT2D eigenvalue weighted by atomic mass is 35.5. The van der Waals surface area contributed by atoms with Gasteiger partial charge in [-0.05, 0) is 49.7 Å². The summed E-state index contributed by atoms with van der Waals surface area (Å²) in [6.07, 6.45) is -0.652. The van der Waals surface area contributed by atoms with Crippen LogP contribution in [-0.2, 0) is 4.79 Å². The van der Waals surface area contributed by atoms with Gasteiger partial charge in [-0.1, -0.05) is 23.7 Å². The molecule has 2 aromatic rings. The first kappa shape index (κ1) is 18.9. The van der Waals surface area contributed by atoms with Crippen LogP contribution in [0.5, 0.6) is 17.2 Å².